The van der Waals surface area contributed by atoms with Gasteiger partial charge in [-0.3, -0.25) is 4.79 Å². The normalized spacial score (nSPS) is 12.7. The zero-order valence-electron chi connectivity index (χ0n) is 15.2. The molecule has 24 heavy (non-hydrogen) atoms. The summed E-state index contributed by atoms with van der Waals surface area (Å²) in [5.41, 5.74) is 4.32. The third kappa shape index (κ3) is 4.38. The first-order valence-corrected chi connectivity index (χ1v) is 8.28. The smallest absolute Gasteiger partial charge is 0.311 e. The Balaban J connectivity index is 2.21. The largest absolute Gasteiger partial charge is 0.481 e. The highest BCUT2D eigenvalue weighted by Gasteiger charge is 2.21. The van der Waals surface area contributed by atoms with Crippen LogP contribution < -0.4 is 4.90 Å². The molecule has 128 valence electrons. The Labute approximate surface area is 144 Å². The van der Waals surface area contributed by atoms with E-state index in [-0.39, 0.29) is 5.41 Å². The molecule has 1 N–H and O–H groups in total. The van der Waals surface area contributed by atoms with E-state index >= 15 is 0 Å². The molecule has 3 heteroatoms. The summed E-state index contributed by atoms with van der Waals surface area (Å²) in [6.07, 6.45) is 0.501. The summed E-state index contributed by atoms with van der Waals surface area (Å²) in [5, 5.41) is 9.64. The lowest BCUT2D eigenvalue weighted by molar-refractivity contribution is -0.138. The summed E-state index contributed by atoms with van der Waals surface area (Å²) < 4.78 is 0. The molecule has 0 aromatic heterocycles. The summed E-state index contributed by atoms with van der Waals surface area (Å²) in [4.78, 5) is 13.7. The number of aliphatic carboxylic acids is 1. The van der Waals surface area contributed by atoms with E-state index in [1.54, 1.807) is 0 Å². The Morgan fingerprint density at radius 3 is 1.96 bits per heavy atom. The Morgan fingerprint density at radius 2 is 1.54 bits per heavy atom. The molecule has 2 aromatic rings. The van der Waals surface area contributed by atoms with E-state index in [2.05, 4.69) is 32.9 Å². The van der Waals surface area contributed by atoms with Crippen LogP contribution in [0.1, 0.15) is 43.4 Å². The lowest BCUT2D eigenvalue weighted by Crippen LogP contribution is -2.15. The van der Waals surface area contributed by atoms with E-state index in [4.69, 9.17) is 0 Å². The second-order valence-corrected chi connectivity index (χ2v) is 7.53. The standard InChI is InChI=1S/C21H27NO2/c1-21(2,3)17-10-6-15(7-11-17)14-19(20(23)24)16-8-12-18(13-9-16)22(4)5/h6-13,19H,14H2,1-5H3,(H,23,24). The summed E-state index contributed by atoms with van der Waals surface area (Å²) in [5.74, 6) is -1.31. The monoisotopic (exact) mass is 325 g/mol. The molecule has 0 aliphatic carbocycles. The van der Waals surface area contributed by atoms with Crippen LogP contribution in [-0.2, 0) is 16.6 Å². The van der Waals surface area contributed by atoms with Gasteiger partial charge in [-0.2, -0.15) is 0 Å². The number of rotatable bonds is 5. The number of anilines is 1. The molecule has 1 atom stereocenters. The highest BCUT2D eigenvalue weighted by Crippen LogP contribution is 2.26. The van der Waals surface area contributed by atoms with Crippen LogP contribution in [0.3, 0.4) is 0 Å². The summed E-state index contributed by atoms with van der Waals surface area (Å²) >= 11 is 0. The number of hydrogen-bond acceptors (Lipinski definition) is 2. The fraction of sp³-hybridized carbons (Fsp3) is 0.381. The highest BCUT2D eigenvalue weighted by atomic mass is 16.4. The lowest BCUT2D eigenvalue weighted by atomic mass is 9.85. The van der Waals surface area contributed by atoms with Crippen molar-refractivity contribution in [1.29, 1.82) is 0 Å². The molecule has 2 rings (SSSR count). The van der Waals surface area contributed by atoms with Crippen molar-refractivity contribution in [1.82, 2.24) is 0 Å². The van der Waals surface area contributed by atoms with Gasteiger partial charge in [0.25, 0.3) is 0 Å². The van der Waals surface area contributed by atoms with Gasteiger partial charge in [0.15, 0.2) is 0 Å². The lowest BCUT2D eigenvalue weighted by Gasteiger charge is -2.20. The zero-order chi connectivity index (χ0) is 17.9. The second kappa shape index (κ2) is 7.08. The molecule has 0 heterocycles. The number of carboxylic acid groups (broad SMARTS) is 1. The molecule has 3 nitrogen and oxygen atoms in total. The summed E-state index contributed by atoms with van der Waals surface area (Å²) in [6.45, 7) is 6.52. The molecule has 0 fully saturated rings. The maximum Gasteiger partial charge on any atom is 0.311 e. The minimum absolute atomic E-state index is 0.104. The average molecular weight is 325 g/mol. The Morgan fingerprint density at radius 1 is 1.00 bits per heavy atom. The van der Waals surface area contributed by atoms with Crippen LogP contribution in [0.4, 0.5) is 5.69 Å². The molecular formula is C21H27NO2. The molecular weight excluding hydrogens is 298 g/mol. The van der Waals surface area contributed by atoms with E-state index in [0.717, 1.165) is 16.8 Å². The van der Waals surface area contributed by atoms with Gasteiger partial charge in [0.1, 0.15) is 0 Å². The summed E-state index contributed by atoms with van der Waals surface area (Å²) in [6, 6.07) is 16.1. The quantitative estimate of drug-likeness (QED) is 0.882. The molecule has 0 radical (unpaired) electrons. The minimum Gasteiger partial charge on any atom is -0.481 e. The summed E-state index contributed by atoms with van der Waals surface area (Å²) in [7, 11) is 3.95. The molecule has 0 saturated heterocycles. The zero-order valence-corrected chi connectivity index (χ0v) is 15.2. The van der Waals surface area contributed by atoms with Crippen molar-refractivity contribution in [3.63, 3.8) is 0 Å². The van der Waals surface area contributed by atoms with E-state index < -0.39 is 11.9 Å². The van der Waals surface area contributed by atoms with Crippen LogP contribution in [0.2, 0.25) is 0 Å². The van der Waals surface area contributed by atoms with Crippen LogP contribution in [0.5, 0.6) is 0 Å². The van der Waals surface area contributed by atoms with E-state index in [0.29, 0.717) is 6.42 Å². The molecule has 0 saturated carbocycles. The van der Waals surface area contributed by atoms with Gasteiger partial charge >= 0.3 is 5.97 Å². The van der Waals surface area contributed by atoms with Gasteiger partial charge < -0.3 is 10.0 Å². The van der Waals surface area contributed by atoms with E-state index in [9.17, 15) is 9.90 Å². The molecule has 0 bridgehead atoms. The van der Waals surface area contributed by atoms with Crippen LogP contribution in [0.15, 0.2) is 48.5 Å². The average Bonchev–Trinajstić information content (AvgIpc) is 2.52. The third-order valence-corrected chi connectivity index (χ3v) is 4.37. The topological polar surface area (TPSA) is 40.5 Å². The molecule has 0 amide bonds. The van der Waals surface area contributed by atoms with E-state index in [1.165, 1.54) is 5.56 Å². The number of benzene rings is 2. The van der Waals surface area contributed by atoms with Crippen molar-refractivity contribution in [2.75, 3.05) is 19.0 Å². The van der Waals surface area contributed by atoms with Crippen LogP contribution >= 0.6 is 0 Å². The first-order valence-electron chi connectivity index (χ1n) is 8.28. The van der Waals surface area contributed by atoms with Crippen LogP contribution in [-0.4, -0.2) is 25.2 Å². The SMILES string of the molecule is CN(C)c1ccc(C(Cc2ccc(C(C)(C)C)cc2)C(=O)O)cc1. The van der Waals surface area contributed by atoms with Crippen LogP contribution in [0.25, 0.3) is 0 Å². The third-order valence-electron chi connectivity index (χ3n) is 4.37. The predicted octanol–water partition coefficient (Wildman–Crippen LogP) is 4.46. The van der Waals surface area contributed by atoms with Gasteiger partial charge in [-0.25, -0.2) is 0 Å². The molecule has 0 aliphatic heterocycles. The van der Waals surface area contributed by atoms with Crippen LogP contribution in [0, 0.1) is 0 Å². The molecule has 2 aromatic carbocycles. The maximum atomic E-state index is 11.7. The van der Waals surface area contributed by atoms with Crippen molar-refractivity contribution in [3.8, 4) is 0 Å². The number of hydrogen-bond donors (Lipinski definition) is 1. The Hall–Kier alpha value is -2.29. The van der Waals surface area contributed by atoms with E-state index in [1.807, 2.05) is 55.4 Å². The van der Waals surface area contributed by atoms with Gasteiger partial charge in [0, 0.05) is 19.8 Å². The highest BCUT2D eigenvalue weighted by molar-refractivity contribution is 5.76. The van der Waals surface area contributed by atoms with Crippen molar-refractivity contribution >= 4 is 11.7 Å². The second-order valence-electron chi connectivity index (χ2n) is 7.53. The Bertz CT molecular complexity index is 679. The molecule has 0 aliphatic rings. The first kappa shape index (κ1) is 18.1. The minimum atomic E-state index is -0.785. The maximum absolute atomic E-state index is 11.7. The number of carboxylic acids is 1. The van der Waals surface area contributed by atoms with Gasteiger partial charge in [0.2, 0.25) is 0 Å². The van der Waals surface area contributed by atoms with Gasteiger partial charge in [0.05, 0.1) is 5.92 Å². The van der Waals surface area contributed by atoms with Gasteiger partial charge in [-0.15, -0.1) is 0 Å². The fourth-order valence-corrected chi connectivity index (χ4v) is 2.73. The fourth-order valence-electron chi connectivity index (χ4n) is 2.73. The van der Waals surface area contributed by atoms with Crippen molar-refractivity contribution in [3.05, 3.63) is 65.2 Å². The molecule has 0 spiro atoms. The van der Waals surface area contributed by atoms with Gasteiger partial charge in [-0.05, 0) is 40.7 Å². The molecule has 1 unspecified atom stereocenters. The number of carbonyl (C=O) groups is 1. The van der Waals surface area contributed by atoms with Crippen molar-refractivity contribution in [2.24, 2.45) is 0 Å². The van der Waals surface area contributed by atoms with Gasteiger partial charge in [-0.1, -0.05) is 57.2 Å². The number of nitrogens with zero attached hydrogens (tertiary/aromatic N) is 1. The predicted molar refractivity (Wildman–Crippen MR) is 100.0 cm³/mol. The Kier molecular flexibility index (Phi) is 5.33. The van der Waals surface area contributed by atoms with Crippen molar-refractivity contribution < 1.29 is 9.90 Å². The van der Waals surface area contributed by atoms with Crippen molar-refractivity contribution in [2.45, 2.75) is 38.5 Å². The first-order chi connectivity index (χ1) is 11.2.